The largest absolute Gasteiger partial charge is 0.511 e. The number of carboxylic acids is 5. The van der Waals surface area contributed by atoms with Crippen molar-refractivity contribution >= 4 is 129 Å². The number of nitrogens with two attached hydrogens (primary N) is 1. The van der Waals surface area contributed by atoms with E-state index in [1.54, 1.807) is 20.8 Å². The first-order valence-electron chi connectivity index (χ1n) is 45.3. The van der Waals surface area contributed by atoms with Crippen molar-refractivity contribution in [1.29, 1.82) is 0 Å². The number of nitrogens with zero attached hydrogens (tertiary/aromatic N) is 3. The lowest BCUT2D eigenvalue weighted by Gasteiger charge is -2.26. The average molecular weight is 1860 g/mol. The molecule has 6 aliphatic rings. The van der Waals surface area contributed by atoms with Crippen LogP contribution >= 0.6 is 0 Å². The van der Waals surface area contributed by atoms with Crippen molar-refractivity contribution in [2.24, 2.45) is 50.3 Å². The van der Waals surface area contributed by atoms with Crippen molar-refractivity contribution in [2.75, 3.05) is 26.2 Å². The number of carbonyl (C=O) groups excluding carboxylic acids is 14. The molecule has 18 N–H and O–H groups in total. The van der Waals surface area contributed by atoms with Gasteiger partial charge in [0, 0.05) is 125 Å². The number of unbranched alkanes of at least 4 members (excludes halogenated alkanes) is 5. The van der Waals surface area contributed by atoms with Gasteiger partial charge >= 0.3 is 35.9 Å². The van der Waals surface area contributed by atoms with Crippen LogP contribution in [0.5, 0.6) is 0 Å². The first-order chi connectivity index (χ1) is 62.9. The second-order valence-corrected chi connectivity index (χ2v) is 34.2. The third kappa shape index (κ3) is 35.3. The molecule has 2 aliphatic carbocycles. The maximum atomic E-state index is 13.8. The van der Waals surface area contributed by atoms with Gasteiger partial charge in [-0.2, -0.15) is 0 Å². The van der Waals surface area contributed by atoms with Gasteiger partial charge in [0.2, 0.25) is 47.3 Å². The number of Topliss-reactive ketones (excluding diaryl/α,β-unsaturated/α-hetero) is 5. The van der Waals surface area contributed by atoms with Gasteiger partial charge in [-0.05, 0) is 174 Å². The number of urea groups is 1. The normalized spacial score (nSPS) is 17.1. The van der Waals surface area contributed by atoms with Gasteiger partial charge in [-0.3, -0.25) is 76.9 Å². The highest BCUT2D eigenvalue weighted by Gasteiger charge is 2.42. The van der Waals surface area contributed by atoms with Crippen molar-refractivity contribution in [2.45, 2.75) is 292 Å². The molecule has 133 heavy (non-hydrogen) atoms. The minimum Gasteiger partial charge on any atom is -0.511 e. The molecule has 39 heteroatoms. The second kappa shape index (κ2) is 54.8. The summed E-state index contributed by atoms with van der Waals surface area (Å²) in [5.41, 5.74) is 18.6. The molecule has 0 spiro atoms. The fourth-order valence-electron chi connectivity index (χ4n) is 16.1. The molecule has 8 bridgehead atoms. The summed E-state index contributed by atoms with van der Waals surface area (Å²) in [5.74, 6) is -17.5. The first kappa shape index (κ1) is 111. The molecule has 0 radical (unpaired) electrons. The summed E-state index contributed by atoms with van der Waals surface area (Å²) < 4.78 is 0. The Kier molecular flexibility index (Phi) is 45.6. The monoisotopic (exact) mass is 1860 g/mol. The van der Waals surface area contributed by atoms with Crippen LogP contribution in [0.3, 0.4) is 0 Å². The average Bonchev–Trinajstić information content (AvgIpc) is 1.58. The number of amides is 10. The maximum absolute atomic E-state index is 13.8. The number of ketones is 5. The molecule has 0 saturated carbocycles. The summed E-state index contributed by atoms with van der Waals surface area (Å²) in [6.45, 7) is 21.4. The Hall–Kier alpha value is -12.8. The second-order valence-electron chi connectivity index (χ2n) is 34.2. The van der Waals surface area contributed by atoms with E-state index in [1.807, 2.05) is 26.0 Å². The van der Waals surface area contributed by atoms with E-state index >= 15 is 0 Å². The van der Waals surface area contributed by atoms with Crippen LogP contribution in [0.4, 0.5) is 4.79 Å². The zero-order valence-electron chi connectivity index (χ0n) is 77.5. The maximum Gasteiger partial charge on any atom is 0.326 e. The smallest absolute Gasteiger partial charge is 0.326 e. The number of aliphatic hydroxyl groups excluding tert-OH is 2. The van der Waals surface area contributed by atoms with Crippen molar-refractivity contribution in [3.05, 3.63) is 104 Å². The molecule has 10 atom stereocenters. The number of primary amides is 1. The topological polar surface area (TPSA) is 637 Å². The molecular formula is C94H131N13O26. The van der Waals surface area contributed by atoms with Crippen molar-refractivity contribution < 1.29 is 127 Å². The van der Waals surface area contributed by atoms with E-state index in [9.17, 15) is 127 Å². The lowest BCUT2D eigenvalue weighted by molar-refractivity contribution is -0.143. The summed E-state index contributed by atoms with van der Waals surface area (Å²) >= 11 is 0. The molecule has 0 aromatic rings. The molecule has 4 aliphatic heterocycles. The third-order valence-electron chi connectivity index (χ3n) is 23.9. The van der Waals surface area contributed by atoms with Crippen LogP contribution in [0.25, 0.3) is 0 Å². The Bertz CT molecular complexity index is 4840. The van der Waals surface area contributed by atoms with Crippen LogP contribution in [0, 0.1) is 29.6 Å². The number of hydrogen-bond donors (Lipinski definition) is 17. The molecule has 6 rings (SSSR count). The predicted molar refractivity (Wildman–Crippen MR) is 488 cm³/mol. The minimum absolute atomic E-state index is 0.0519. The number of carbonyl (C=O) groups is 19. The van der Waals surface area contributed by atoms with Crippen molar-refractivity contribution in [3.8, 4) is 0 Å². The van der Waals surface area contributed by atoms with Gasteiger partial charge in [0.1, 0.15) is 35.7 Å². The van der Waals surface area contributed by atoms with E-state index in [4.69, 9.17) is 20.7 Å². The number of aliphatic carboxylic acids is 5. The molecule has 10 amide bonds. The van der Waals surface area contributed by atoms with Gasteiger partial charge in [-0.15, -0.1) is 0 Å². The van der Waals surface area contributed by atoms with Crippen molar-refractivity contribution in [3.63, 3.8) is 0 Å². The third-order valence-corrected chi connectivity index (χ3v) is 23.9. The Morgan fingerprint density at radius 3 is 1.66 bits per heavy atom. The fraction of sp³-hybridized carbons (Fsp3) is 0.574. The number of aliphatic hydroxyl groups is 2. The highest BCUT2D eigenvalue weighted by atomic mass is 16.4. The molecule has 0 aromatic carbocycles. The number of nitrogens with one attached hydrogen (secondary N) is 9. The van der Waals surface area contributed by atoms with Gasteiger partial charge in [0.15, 0.2) is 23.1 Å². The van der Waals surface area contributed by atoms with E-state index in [1.165, 1.54) is 13.8 Å². The van der Waals surface area contributed by atoms with E-state index in [-0.39, 0.29) is 112 Å². The predicted octanol–water partition coefficient (Wildman–Crippen LogP) is 6.88. The molecule has 4 heterocycles. The molecular weight excluding hydrogens is 1730 g/mol. The molecule has 6 unspecified atom stereocenters. The van der Waals surface area contributed by atoms with E-state index < -0.39 is 200 Å². The summed E-state index contributed by atoms with van der Waals surface area (Å²) in [6, 6.07) is -8.56. The highest BCUT2D eigenvalue weighted by molar-refractivity contribution is 6.21. The summed E-state index contributed by atoms with van der Waals surface area (Å²) in [5, 5.41) is 90.2. The summed E-state index contributed by atoms with van der Waals surface area (Å²) in [6.07, 6.45) is 10.8. The minimum atomic E-state index is -1.55. The van der Waals surface area contributed by atoms with Crippen LogP contribution in [0.1, 0.15) is 255 Å². The molecule has 0 fully saturated rings. The van der Waals surface area contributed by atoms with Gasteiger partial charge < -0.3 is 94.1 Å². The summed E-state index contributed by atoms with van der Waals surface area (Å²) in [4.78, 5) is 249. The van der Waals surface area contributed by atoms with Crippen LogP contribution in [-0.4, -0.2) is 227 Å². The molecule has 728 valence electrons. The molecule has 0 saturated heterocycles. The number of rotatable bonds is 59. The van der Waals surface area contributed by atoms with E-state index in [2.05, 4.69) is 87.4 Å². The number of allylic oxidation sites excluding steroid dienone is 14. The van der Waals surface area contributed by atoms with Gasteiger partial charge in [0.05, 0.1) is 72.5 Å². The van der Waals surface area contributed by atoms with Gasteiger partial charge in [0.25, 0.3) is 0 Å². The van der Waals surface area contributed by atoms with Gasteiger partial charge in [-0.1, -0.05) is 67.0 Å². The van der Waals surface area contributed by atoms with Gasteiger partial charge in [-0.25, -0.2) is 24.4 Å². The van der Waals surface area contributed by atoms with Crippen LogP contribution in [-0.2, 0) is 86.3 Å². The zero-order chi connectivity index (χ0) is 99.2. The number of carboxylic acid groups (broad SMARTS) is 5. The molecule has 0 aromatic heterocycles. The van der Waals surface area contributed by atoms with Crippen LogP contribution in [0.15, 0.2) is 119 Å². The lowest BCUT2D eigenvalue weighted by Crippen LogP contribution is -2.51. The number of hydrogen-bond acceptors (Lipinski definition) is 24. The van der Waals surface area contributed by atoms with Crippen LogP contribution in [0.2, 0.25) is 0 Å². The quantitative estimate of drug-likeness (QED) is 0.0276. The summed E-state index contributed by atoms with van der Waals surface area (Å²) in [7, 11) is 0. The first-order valence-corrected chi connectivity index (χ1v) is 45.3. The Morgan fingerprint density at radius 1 is 0.526 bits per heavy atom. The number of fused-ring (bicyclic) bond motifs is 5. The Balaban J connectivity index is 0.000000497. The van der Waals surface area contributed by atoms with E-state index in [0.29, 0.717) is 87.1 Å². The Labute approximate surface area is 772 Å². The highest BCUT2D eigenvalue weighted by Crippen LogP contribution is 2.48. The molecule has 39 nitrogen and oxygen atoms in total. The Morgan fingerprint density at radius 2 is 1.11 bits per heavy atom. The standard InChI is InChI=1S/C58H70N6O13.C36H61N7O13/c1-10-36-28(6)32-17-33(36)20-42-29(7)37(11-2)45(60-42)24-44-31(9)54-49(68)23-40(56(54)62-44)55-38(30(8)43(19-32)61-55)13-15-50(69)59-26-35(65)18-34(21-52(72)73)57(76)63-41(14-16-51(70)71)48(67)22-39(27(4)5)58(77)64-46(25-53(74)75)47(66)12-3;1-3-29(47)41-27(22-44)28(46)18-19-32(50)40-24(33(37)51)12-8-10-20-38-30(48)14-6-4-5-7-15-31(49)39-21-11-9-13-25(34(52)53)42-36(56)43-26(35(54)55)17-16-23(2)45/h10,19-20,24,27,30,34,38-39,41,46,68H,1,11-18,21-23,25-26H2,2-9H3,(H,59,69)(H,63,76)(H,64,77)(H,70,71)(H,72,73)(H,74,75);24-27,44H,3-22H2,1-2H3,(H2,37,51)(H,38,48)(H,39,49)(H,40,50)(H,41,47)(H,52,53)(H,54,55)(H2,42,43,56)/t30-,34?,38+,39?,41?,46?;24?,25-,26-,27?/m10/s1. The van der Waals surface area contributed by atoms with Crippen molar-refractivity contribution in [1.82, 2.24) is 47.9 Å². The number of aliphatic imine (C=N–C) groups is 3. The SMILES string of the molecule is C=CC1=C(C)C2=CC3=NC(=C4CC(O)=C5C4=NC(=C5C)C=C4N=C(C=C1C2)C(C)=C4CC)[C@@H](CCC(=O)NCC(=O)CC(CC(=O)O)C(=O)NC(CCC(=O)O)C(=O)CC(C(=O)NC(CC(=O)O)C(=O)CC)C(C)C)[C@H]3C.CCC(=O)NC(CO)C(=O)CCC(=O)NC(CCCCNC(=O)CCCCCCC(=O)NCCCC[C@H](NC(=O)N[C@@H](CCC(C)=O)C(=O)O)C(=O)O)C(N)=O. The zero-order valence-corrected chi connectivity index (χ0v) is 77.5. The van der Waals surface area contributed by atoms with E-state index in [0.717, 1.165) is 81.0 Å². The van der Waals surface area contributed by atoms with Crippen LogP contribution < -0.4 is 53.6 Å². The lowest BCUT2D eigenvalue weighted by atomic mass is 9.84. The fourth-order valence-corrected chi connectivity index (χ4v) is 16.1.